The molecule has 0 aliphatic heterocycles. The summed E-state index contributed by atoms with van der Waals surface area (Å²) in [7, 11) is 1.30. The van der Waals surface area contributed by atoms with Gasteiger partial charge in [0, 0.05) is 18.3 Å². The third kappa shape index (κ3) is 4.95. The quantitative estimate of drug-likeness (QED) is 0.827. The van der Waals surface area contributed by atoms with Crippen LogP contribution in [0.2, 0.25) is 0 Å². The van der Waals surface area contributed by atoms with Gasteiger partial charge in [-0.3, -0.25) is 9.59 Å². The molecule has 0 bridgehead atoms. The van der Waals surface area contributed by atoms with Gasteiger partial charge in [0.2, 0.25) is 11.8 Å². The molecule has 0 aliphatic rings. The van der Waals surface area contributed by atoms with Crippen LogP contribution < -0.4 is 10.6 Å². The summed E-state index contributed by atoms with van der Waals surface area (Å²) < 4.78 is 4.65. The van der Waals surface area contributed by atoms with Crippen LogP contribution in [0.4, 0.5) is 11.4 Å². The molecule has 24 heavy (non-hydrogen) atoms. The number of rotatable bonds is 5. The summed E-state index contributed by atoms with van der Waals surface area (Å²) in [4.78, 5) is 34.6. The molecule has 2 rings (SSSR count). The molecule has 6 heteroatoms. The van der Waals surface area contributed by atoms with Gasteiger partial charge in [-0.25, -0.2) is 4.79 Å². The Balaban J connectivity index is 1.98. The second-order valence-electron chi connectivity index (χ2n) is 5.18. The van der Waals surface area contributed by atoms with Gasteiger partial charge in [0.05, 0.1) is 19.1 Å². The van der Waals surface area contributed by atoms with Crippen LogP contribution in [0.25, 0.3) is 0 Å². The Labute approximate surface area is 139 Å². The van der Waals surface area contributed by atoms with E-state index in [0.29, 0.717) is 16.9 Å². The number of carbonyl (C=O) groups excluding carboxylic acids is 3. The third-order valence-corrected chi connectivity index (χ3v) is 3.21. The number of nitrogens with one attached hydrogen (secondary N) is 2. The number of hydrogen-bond acceptors (Lipinski definition) is 4. The fourth-order valence-electron chi connectivity index (χ4n) is 2.14. The molecule has 0 unspecified atom stereocenters. The highest BCUT2D eigenvalue weighted by Gasteiger charge is 2.08. The van der Waals surface area contributed by atoms with Crippen LogP contribution in [-0.4, -0.2) is 24.9 Å². The van der Waals surface area contributed by atoms with E-state index < -0.39 is 5.97 Å². The third-order valence-electron chi connectivity index (χ3n) is 3.21. The van der Waals surface area contributed by atoms with Crippen LogP contribution in [0, 0.1) is 0 Å². The van der Waals surface area contributed by atoms with Crippen molar-refractivity contribution in [2.75, 3.05) is 17.7 Å². The van der Waals surface area contributed by atoms with E-state index in [2.05, 4.69) is 15.4 Å². The molecule has 0 saturated heterocycles. The maximum absolute atomic E-state index is 12.1. The lowest BCUT2D eigenvalue weighted by Crippen LogP contribution is -2.15. The molecule has 0 saturated carbocycles. The molecule has 0 atom stereocenters. The van der Waals surface area contributed by atoms with Crippen LogP contribution in [0.1, 0.15) is 22.8 Å². The summed E-state index contributed by atoms with van der Waals surface area (Å²) in [6.07, 6.45) is 0.183. The number of amides is 2. The number of benzene rings is 2. The first-order chi connectivity index (χ1) is 11.5. The van der Waals surface area contributed by atoms with Gasteiger partial charge in [-0.2, -0.15) is 0 Å². The number of esters is 1. The lowest BCUT2D eigenvalue weighted by Gasteiger charge is -2.08. The zero-order valence-corrected chi connectivity index (χ0v) is 13.5. The van der Waals surface area contributed by atoms with Gasteiger partial charge in [-0.15, -0.1) is 0 Å². The highest BCUT2D eigenvalue weighted by molar-refractivity contribution is 5.95. The van der Waals surface area contributed by atoms with E-state index in [4.69, 9.17) is 0 Å². The van der Waals surface area contributed by atoms with Gasteiger partial charge in [-0.1, -0.05) is 18.2 Å². The maximum atomic E-state index is 12.1. The number of hydrogen-bond donors (Lipinski definition) is 2. The first-order valence-electron chi connectivity index (χ1n) is 7.32. The van der Waals surface area contributed by atoms with Crippen molar-refractivity contribution in [3.8, 4) is 0 Å². The lowest BCUT2D eigenvalue weighted by atomic mass is 10.1. The van der Waals surface area contributed by atoms with Crippen molar-refractivity contribution >= 4 is 29.2 Å². The summed E-state index contributed by atoms with van der Waals surface area (Å²) in [5.41, 5.74) is 2.39. The van der Waals surface area contributed by atoms with Crippen LogP contribution in [0.5, 0.6) is 0 Å². The SMILES string of the molecule is COC(=O)c1cccc(NC(=O)Cc2ccc(NC(C)=O)cc2)c1. The van der Waals surface area contributed by atoms with Crippen LogP contribution in [0.3, 0.4) is 0 Å². The van der Waals surface area contributed by atoms with Crippen molar-refractivity contribution in [2.24, 2.45) is 0 Å². The van der Waals surface area contributed by atoms with E-state index in [9.17, 15) is 14.4 Å². The minimum Gasteiger partial charge on any atom is -0.465 e. The van der Waals surface area contributed by atoms with Gasteiger partial charge >= 0.3 is 5.97 Å². The van der Waals surface area contributed by atoms with Gasteiger partial charge in [0.25, 0.3) is 0 Å². The zero-order chi connectivity index (χ0) is 17.5. The molecule has 6 nitrogen and oxygen atoms in total. The Kier molecular flexibility index (Phi) is 5.68. The zero-order valence-electron chi connectivity index (χ0n) is 13.5. The van der Waals surface area contributed by atoms with Gasteiger partial charge in [0.15, 0.2) is 0 Å². The summed E-state index contributed by atoms with van der Waals surface area (Å²) in [5, 5.41) is 5.40. The minimum atomic E-state index is -0.459. The van der Waals surface area contributed by atoms with Crippen molar-refractivity contribution in [3.63, 3.8) is 0 Å². The van der Waals surface area contributed by atoms with Crippen LogP contribution in [-0.2, 0) is 20.7 Å². The lowest BCUT2D eigenvalue weighted by molar-refractivity contribution is -0.116. The standard InChI is InChI=1S/C18H18N2O4/c1-12(21)19-15-8-6-13(7-9-15)10-17(22)20-16-5-3-4-14(11-16)18(23)24-2/h3-9,11H,10H2,1-2H3,(H,19,21)(H,20,22). The second kappa shape index (κ2) is 7.92. The number of ether oxygens (including phenoxy) is 1. The van der Waals surface area contributed by atoms with Gasteiger partial charge in [-0.05, 0) is 35.9 Å². The molecule has 2 N–H and O–H groups in total. The molecular weight excluding hydrogens is 308 g/mol. The van der Waals surface area contributed by atoms with Crippen molar-refractivity contribution in [2.45, 2.75) is 13.3 Å². The molecule has 0 radical (unpaired) electrons. The first kappa shape index (κ1) is 17.2. The molecule has 2 aromatic carbocycles. The predicted octanol–water partition coefficient (Wildman–Crippen LogP) is 2.61. The monoisotopic (exact) mass is 326 g/mol. The largest absolute Gasteiger partial charge is 0.465 e. The molecule has 124 valence electrons. The normalized spacial score (nSPS) is 9.92. The van der Waals surface area contributed by atoms with E-state index in [1.54, 1.807) is 48.5 Å². The molecule has 2 amide bonds. The first-order valence-corrected chi connectivity index (χ1v) is 7.32. The van der Waals surface area contributed by atoms with Crippen molar-refractivity contribution in [1.29, 1.82) is 0 Å². The molecule has 0 aliphatic carbocycles. The average Bonchev–Trinajstić information content (AvgIpc) is 2.55. The van der Waals surface area contributed by atoms with E-state index in [-0.39, 0.29) is 18.2 Å². The molecule has 2 aromatic rings. The van der Waals surface area contributed by atoms with Crippen molar-refractivity contribution in [3.05, 3.63) is 59.7 Å². The predicted molar refractivity (Wildman–Crippen MR) is 90.9 cm³/mol. The van der Waals surface area contributed by atoms with Gasteiger partial charge in [0.1, 0.15) is 0 Å². The maximum Gasteiger partial charge on any atom is 0.337 e. The van der Waals surface area contributed by atoms with Crippen molar-refractivity contribution < 1.29 is 19.1 Å². The van der Waals surface area contributed by atoms with Crippen LogP contribution >= 0.6 is 0 Å². The van der Waals surface area contributed by atoms with Gasteiger partial charge < -0.3 is 15.4 Å². The Morgan fingerprint density at radius 1 is 0.958 bits per heavy atom. The highest BCUT2D eigenvalue weighted by atomic mass is 16.5. The topological polar surface area (TPSA) is 84.5 Å². The smallest absolute Gasteiger partial charge is 0.337 e. The summed E-state index contributed by atoms with van der Waals surface area (Å²) >= 11 is 0. The number of carbonyl (C=O) groups is 3. The highest BCUT2D eigenvalue weighted by Crippen LogP contribution is 2.14. The van der Waals surface area contributed by atoms with E-state index in [1.807, 2.05) is 0 Å². The average molecular weight is 326 g/mol. The molecule has 0 fully saturated rings. The summed E-state index contributed by atoms with van der Waals surface area (Å²) in [6, 6.07) is 13.6. The molecular formula is C18H18N2O4. The number of anilines is 2. The fraction of sp³-hybridized carbons (Fsp3) is 0.167. The van der Waals surface area contributed by atoms with Crippen molar-refractivity contribution in [1.82, 2.24) is 0 Å². The van der Waals surface area contributed by atoms with E-state index in [1.165, 1.54) is 14.0 Å². The second-order valence-corrected chi connectivity index (χ2v) is 5.18. The van der Waals surface area contributed by atoms with E-state index >= 15 is 0 Å². The number of methoxy groups -OCH3 is 1. The Morgan fingerprint density at radius 3 is 2.29 bits per heavy atom. The Hall–Kier alpha value is -3.15. The fourth-order valence-corrected chi connectivity index (χ4v) is 2.14. The molecule has 0 aromatic heterocycles. The Bertz CT molecular complexity index is 754. The summed E-state index contributed by atoms with van der Waals surface area (Å²) in [6.45, 7) is 1.43. The van der Waals surface area contributed by atoms with Crippen LogP contribution in [0.15, 0.2) is 48.5 Å². The van der Waals surface area contributed by atoms with E-state index in [0.717, 1.165) is 5.56 Å². The molecule has 0 heterocycles. The Morgan fingerprint density at radius 2 is 1.67 bits per heavy atom. The molecule has 0 spiro atoms. The minimum absolute atomic E-state index is 0.147. The summed E-state index contributed by atoms with van der Waals surface area (Å²) in [5.74, 6) is -0.810.